The van der Waals surface area contributed by atoms with Crippen molar-refractivity contribution in [1.82, 2.24) is 0 Å². The van der Waals surface area contributed by atoms with Crippen LogP contribution in [-0.4, -0.2) is 32.3 Å². The van der Waals surface area contributed by atoms with Gasteiger partial charge < -0.3 is 0 Å². The highest BCUT2D eigenvalue weighted by Gasteiger charge is 2.42. The molecule has 0 radical (unpaired) electrons. The van der Waals surface area contributed by atoms with Gasteiger partial charge in [0.2, 0.25) is 6.17 Å². The van der Waals surface area contributed by atoms with E-state index in [9.17, 15) is 0 Å². The maximum Gasteiger partial charge on any atom is 0.214 e. The minimum atomic E-state index is 0.900. The highest BCUT2D eigenvalue weighted by molar-refractivity contribution is 4.92. The molecule has 0 aliphatic carbocycles. The van der Waals surface area contributed by atoms with Crippen molar-refractivity contribution in [3.8, 4) is 0 Å². The lowest BCUT2D eigenvalue weighted by Crippen LogP contribution is -3.31. The second kappa shape index (κ2) is 6.01. The fourth-order valence-electron chi connectivity index (χ4n) is 3.61. The normalized spacial score (nSPS) is 33.5. The molecule has 0 aromatic rings. The van der Waals surface area contributed by atoms with Gasteiger partial charge in [0, 0.05) is 6.42 Å². The van der Waals surface area contributed by atoms with Crippen molar-refractivity contribution >= 4 is 0 Å². The van der Waals surface area contributed by atoms with Gasteiger partial charge in [0.15, 0.2) is 0 Å². The molecule has 2 saturated heterocycles. The molecule has 0 aromatic heterocycles. The first kappa shape index (κ1) is 13.1. The molecular weight excluding hydrogens is 208 g/mol. The Bertz CT molecular complexity index is 252. The first-order valence-electron chi connectivity index (χ1n) is 7.49. The monoisotopic (exact) mass is 238 g/mol. The van der Waals surface area contributed by atoms with E-state index in [1.165, 1.54) is 57.4 Å². The molecule has 2 N–H and O–H groups in total. The van der Waals surface area contributed by atoms with E-state index in [1.807, 2.05) is 9.80 Å². The Morgan fingerprint density at radius 1 is 1.18 bits per heavy atom. The summed E-state index contributed by atoms with van der Waals surface area (Å²) in [6.45, 7) is 12.6. The Balaban J connectivity index is 1.75. The molecule has 2 aliphatic rings. The van der Waals surface area contributed by atoms with Gasteiger partial charge in [0.25, 0.3) is 0 Å². The Morgan fingerprint density at radius 3 is 2.41 bits per heavy atom. The van der Waals surface area contributed by atoms with Crippen LogP contribution in [0.3, 0.4) is 0 Å². The zero-order valence-electron chi connectivity index (χ0n) is 11.9. The van der Waals surface area contributed by atoms with Crippen LogP contribution in [0.5, 0.6) is 0 Å². The van der Waals surface area contributed by atoms with Crippen molar-refractivity contribution in [2.45, 2.75) is 52.6 Å². The van der Waals surface area contributed by atoms with E-state index in [4.69, 9.17) is 0 Å². The van der Waals surface area contributed by atoms with Crippen LogP contribution in [0.2, 0.25) is 0 Å². The number of nitrogens with one attached hydrogen (secondary N) is 2. The van der Waals surface area contributed by atoms with Gasteiger partial charge in [-0.2, -0.15) is 0 Å². The van der Waals surface area contributed by atoms with E-state index in [2.05, 4.69) is 26.8 Å². The van der Waals surface area contributed by atoms with Gasteiger partial charge in [0.1, 0.15) is 13.1 Å². The summed E-state index contributed by atoms with van der Waals surface area (Å²) in [7, 11) is 0. The molecular formula is C15H30N2+2. The number of rotatable bonds is 5. The molecule has 2 rings (SSSR count). The van der Waals surface area contributed by atoms with Gasteiger partial charge in [-0.1, -0.05) is 18.6 Å². The molecule has 2 nitrogen and oxygen atoms in total. The average molecular weight is 238 g/mol. The van der Waals surface area contributed by atoms with Gasteiger partial charge in [0.05, 0.1) is 19.5 Å². The van der Waals surface area contributed by atoms with E-state index < -0.39 is 0 Å². The molecule has 2 heterocycles. The van der Waals surface area contributed by atoms with Crippen molar-refractivity contribution in [2.75, 3.05) is 26.2 Å². The molecule has 2 heteroatoms. The van der Waals surface area contributed by atoms with Gasteiger partial charge in [-0.05, 0) is 32.6 Å². The largest absolute Gasteiger partial charge is 0.281 e. The Morgan fingerprint density at radius 2 is 1.82 bits per heavy atom. The highest BCUT2D eigenvalue weighted by atomic mass is 15.4. The number of quaternary nitrogens is 2. The standard InChI is InChI=1S/C15H28N2/c1-13(2)6-4-7-14(3)12-15-16-8-5-9-17(15)11-10-16/h6,14-15H,4-5,7-12H2,1-3H3/p+2. The van der Waals surface area contributed by atoms with E-state index in [-0.39, 0.29) is 0 Å². The molecule has 2 bridgehead atoms. The summed E-state index contributed by atoms with van der Waals surface area (Å²) in [5, 5.41) is 0. The molecule has 3 atom stereocenters. The maximum absolute atomic E-state index is 2.45. The average Bonchev–Trinajstić information content (AvgIpc) is 2.50. The number of hydrogen-bond acceptors (Lipinski definition) is 0. The number of fused-ring (bicyclic) bond motifs is 2. The van der Waals surface area contributed by atoms with Gasteiger partial charge >= 0.3 is 0 Å². The topological polar surface area (TPSA) is 8.88 Å². The molecule has 0 saturated carbocycles. The third-order valence-corrected chi connectivity index (χ3v) is 4.60. The van der Waals surface area contributed by atoms with E-state index >= 15 is 0 Å². The van der Waals surface area contributed by atoms with Crippen molar-refractivity contribution in [1.29, 1.82) is 0 Å². The molecule has 0 amide bonds. The van der Waals surface area contributed by atoms with Crippen molar-refractivity contribution in [3.05, 3.63) is 11.6 Å². The highest BCUT2D eigenvalue weighted by Crippen LogP contribution is 2.12. The SMILES string of the molecule is CC(C)=CCCC(C)CC1[NH+]2CCC[NH+]1CC2. The molecule has 2 fully saturated rings. The number of hydrogen-bond donors (Lipinski definition) is 2. The summed E-state index contributed by atoms with van der Waals surface area (Å²) in [5.74, 6) is 0.900. The van der Waals surface area contributed by atoms with E-state index in [0.29, 0.717) is 0 Å². The van der Waals surface area contributed by atoms with Crippen LogP contribution < -0.4 is 9.80 Å². The third kappa shape index (κ3) is 3.56. The predicted molar refractivity (Wildman–Crippen MR) is 72.2 cm³/mol. The maximum atomic E-state index is 2.45. The molecule has 0 aromatic carbocycles. The van der Waals surface area contributed by atoms with Crippen LogP contribution in [0.4, 0.5) is 0 Å². The Hall–Kier alpha value is -0.340. The quantitative estimate of drug-likeness (QED) is 0.637. The zero-order chi connectivity index (χ0) is 12.3. The first-order chi connectivity index (χ1) is 8.16. The van der Waals surface area contributed by atoms with Crippen molar-refractivity contribution < 1.29 is 9.80 Å². The summed E-state index contributed by atoms with van der Waals surface area (Å²) >= 11 is 0. The zero-order valence-corrected chi connectivity index (χ0v) is 11.9. The summed E-state index contributed by atoms with van der Waals surface area (Å²) in [6, 6.07) is 0. The molecule has 0 spiro atoms. The third-order valence-electron chi connectivity index (χ3n) is 4.60. The Labute approximate surface area is 107 Å². The van der Waals surface area contributed by atoms with E-state index in [1.54, 1.807) is 0 Å². The Kier molecular flexibility index (Phi) is 4.63. The van der Waals surface area contributed by atoms with Crippen LogP contribution in [0.15, 0.2) is 11.6 Å². The van der Waals surface area contributed by atoms with Gasteiger partial charge in [-0.15, -0.1) is 0 Å². The lowest BCUT2D eigenvalue weighted by molar-refractivity contribution is -1.08. The predicted octanol–water partition coefficient (Wildman–Crippen LogP) is 0.272. The van der Waals surface area contributed by atoms with E-state index in [0.717, 1.165) is 12.1 Å². The summed E-state index contributed by atoms with van der Waals surface area (Å²) in [4.78, 5) is 3.81. The lowest BCUT2D eigenvalue weighted by Gasteiger charge is -2.30. The first-order valence-corrected chi connectivity index (χ1v) is 7.49. The lowest BCUT2D eigenvalue weighted by atomic mass is 9.98. The van der Waals surface area contributed by atoms with Crippen molar-refractivity contribution in [2.24, 2.45) is 5.92 Å². The van der Waals surface area contributed by atoms with Crippen LogP contribution in [0.1, 0.15) is 46.5 Å². The van der Waals surface area contributed by atoms with Gasteiger partial charge in [-0.25, -0.2) is 0 Å². The van der Waals surface area contributed by atoms with Crippen molar-refractivity contribution in [3.63, 3.8) is 0 Å². The van der Waals surface area contributed by atoms with Crippen LogP contribution in [0, 0.1) is 5.92 Å². The van der Waals surface area contributed by atoms with Gasteiger partial charge in [-0.3, -0.25) is 9.80 Å². The second-order valence-corrected chi connectivity index (χ2v) is 6.42. The molecule has 17 heavy (non-hydrogen) atoms. The molecule has 2 aliphatic heterocycles. The number of allylic oxidation sites excluding steroid dienone is 2. The summed E-state index contributed by atoms with van der Waals surface area (Å²) < 4.78 is 0. The smallest absolute Gasteiger partial charge is 0.214 e. The van der Waals surface area contributed by atoms with Crippen LogP contribution >= 0.6 is 0 Å². The minimum Gasteiger partial charge on any atom is -0.281 e. The molecule has 3 unspecified atom stereocenters. The fourth-order valence-corrected chi connectivity index (χ4v) is 3.61. The molecule has 98 valence electrons. The second-order valence-electron chi connectivity index (χ2n) is 6.42. The fraction of sp³-hybridized carbons (Fsp3) is 0.867. The van der Waals surface area contributed by atoms with Crippen LogP contribution in [0.25, 0.3) is 0 Å². The summed E-state index contributed by atoms with van der Waals surface area (Å²) in [6.07, 6.45) is 8.88. The van der Waals surface area contributed by atoms with Crippen LogP contribution in [-0.2, 0) is 0 Å². The summed E-state index contributed by atoms with van der Waals surface area (Å²) in [5.41, 5.74) is 1.47. The minimum absolute atomic E-state index is 0.900.